The normalized spacial score (nSPS) is 10.8. The van der Waals surface area contributed by atoms with E-state index in [0.29, 0.717) is 23.8 Å². The van der Waals surface area contributed by atoms with E-state index in [0.717, 1.165) is 11.3 Å². The van der Waals surface area contributed by atoms with Gasteiger partial charge in [0.05, 0.1) is 18.8 Å². The number of halogens is 1. The monoisotopic (exact) mass is 481 g/mol. The summed E-state index contributed by atoms with van der Waals surface area (Å²) in [7, 11) is 0. The molecule has 0 aliphatic rings. The number of nitrogens with one attached hydrogen (secondary N) is 1. The zero-order valence-corrected chi connectivity index (χ0v) is 20.6. The molecule has 0 radical (unpaired) electrons. The molecule has 0 bridgehead atoms. The maximum Gasteiger partial charge on any atom is 0.322 e. The van der Waals surface area contributed by atoms with Crippen molar-refractivity contribution < 1.29 is 23.1 Å². The number of nitrogens with zero attached hydrogens (tertiary/aromatic N) is 2. The lowest BCUT2D eigenvalue weighted by Crippen LogP contribution is -2.47. The quantitative estimate of drug-likeness (QED) is 0.409. The summed E-state index contributed by atoms with van der Waals surface area (Å²) < 4.78 is 24.7. The Labute approximate surface area is 205 Å². The Bertz CT molecular complexity index is 1130. The van der Waals surface area contributed by atoms with Crippen molar-refractivity contribution >= 4 is 17.6 Å². The number of para-hydroxylation sites is 2. The number of rotatable bonds is 10. The van der Waals surface area contributed by atoms with Crippen LogP contribution < -0.4 is 10.1 Å². The molecule has 3 amide bonds. The third kappa shape index (κ3) is 7.34. The van der Waals surface area contributed by atoms with Crippen LogP contribution in [0, 0.1) is 12.7 Å². The zero-order chi connectivity index (χ0) is 25.4. The molecule has 3 rings (SSSR count). The van der Waals surface area contributed by atoms with Crippen molar-refractivity contribution in [1.29, 1.82) is 0 Å². The molecule has 35 heavy (non-hydrogen) atoms. The average molecular weight is 482 g/mol. The number of urea groups is 1. The van der Waals surface area contributed by atoms with E-state index < -0.39 is 6.03 Å². The van der Waals surface area contributed by atoms with E-state index in [1.807, 2.05) is 45.9 Å². The molecule has 1 heterocycles. The molecule has 1 N–H and O–H groups in total. The predicted molar refractivity (Wildman–Crippen MR) is 133 cm³/mol. The molecule has 0 aliphatic heterocycles. The number of amides is 3. The van der Waals surface area contributed by atoms with Gasteiger partial charge in [0.25, 0.3) is 0 Å². The first-order chi connectivity index (χ1) is 16.8. The number of benzene rings is 2. The average Bonchev–Trinajstić information content (AvgIpc) is 3.24. The van der Waals surface area contributed by atoms with Crippen LogP contribution in [-0.2, 0) is 17.9 Å². The van der Waals surface area contributed by atoms with Gasteiger partial charge in [-0.15, -0.1) is 0 Å². The van der Waals surface area contributed by atoms with Gasteiger partial charge in [-0.3, -0.25) is 4.79 Å². The lowest BCUT2D eigenvalue weighted by atomic mass is 10.2. The minimum atomic E-state index is -0.406. The molecule has 3 aromatic rings. The van der Waals surface area contributed by atoms with Gasteiger partial charge in [0.15, 0.2) is 0 Å². The third-order valence-electron chi connectivity index (χ3n) is 5.40. The standard InChI is InChI=1S/C27H32FN3O4/c1-5-34-25-9-7-6-8-24(25)29-27(33)31(19(2)3)18-26(32)30(17-23-15-10-20(4)35-23)16-21-11-13-22(28)14-12-21/h6-15,19H,5,16-18H2,1-4H3,(H,29,33). The van der Waals surface area contributed by atoms with Crippen LogP contribution in [0.5, 0.6) is 5.75 Å². The van der Waals surface area contributed by atoms with Gasteiger partial charge in [-0.2, -0.15) is 0 Å². The number of anilines is 1. The van der Waals surface area contributed by atoms with Gasteiger partial charge in [0, 0.05) is 12.6 Å². The molecule has 0 unspecified atom stereocenters. The first-order valence-electron chi connectivity index (χ1n) is 11.6. The van der Waals surface area contributed by atoms with Crippen molar-refractivity contribution in [3.63, 3.8) is 0 Å². The lowest BCUT2D eigenvalue weighted by Gasteiger charge is -2.30. The predicted octanol–water partition coefficient (Wildman–Crippen LogP) is 5.60. The second kappa shape index (κ2) is 12.1. The van der Waals surface area contributed by atoms with E-state index >= 15 is 0 Å². The number of aryl methyl sites for hydroxylation is 1. The second-order valence-electron chi connectivity index (χ2n) is 8.47. The van der Waals surface area contributed by atoms with E-state index in [1.165, 1.54) is 17.0 Å². The summed E-state index contributed by atoms with van der Waals surface area (Å²) in [5.74, 6) is 1.33. The summed E-state index contributed by atoms with van der Waals surface area (Å²) in [5.41, 5.74) is 1.31. The molecular weight excluding hydrogens is 449 g/mol. The molecule has 7 nitrogen and oxygen atoms in total. The van der Waals surface area contributed by atoms with E-state index in [1.54, 1.807) is 35.2 Å². The first kappa shape index (κ1) is 25.8. The van der Waals surface area contributed by atoms with E-state index in [2.05, 4.69) is 5.32 Å². The first-order valence-corrected chi connectivity index (χ1v) is 11.6. The number of carbonyl (C=O) groups is 2. The summed E-state index contributed by atoms with van der Waals surface area (Å²) in [5, 5.41) is 2.86. The van der Waals surface area contributed by atoms with Gasteiger partial charge in [0.1, 0.15) is 29.6 Å². The molecule has 0 saturated heterocycles. The van der Waals surface area contributed by atoms with Gasteiger partial charge in [0.2, 0.25) is 5.91 Å². The van der Waals surface area contributed by atoms with Gasteiger partial charge in [-0.1, -0.05) is 24.3 Å². The molecule has 0 saturated carbocycles. The van der Waals surface area contributed by atoms with Gasteiger partial charge in [-0.25, -0.2) is 9.18 Å². The van der Waals surface area contributed by atoms with Crippen LogP contribution in [0.2, 0.25) is 0 Å². The van der Waals surface area contributed by atoms with E-state index in [-0.39, 0.29) is 37.4 Å². The molecule has 1 aromatic heterocycles. The Morgan fingerprint density at radius 2 is 1.74 bits per heavy atom. The van der Waals surface area contributed by atoms with Crippen molar-refractivity contribution in [3.8, 4) is 5.75 Å². The van der Waals surface area contributed by atoms with Gasteiger partial charge < -0.3 is 24.3 Å². The van der Waals surface area contributed by atoms with Crippen molar-refractivity contribution in [2.24, 2.45) is 0 Å². The Morgan fingerprint density at radius 3 is 2.37 bits per heavy atom. The van der Waals surface area contributed by atoms with Crippen molar-refractivity contribution in [2.45, 2.75) is 46.8 Å². The summed E-state index contributed by atoms with van der Waals surface area (Å²) in [6.45, 7) is 8.20. The number of hydrogen-bond acceptors (Lipinski definition) is 4. The van der Waals surface area contributed by atoms with Crippen LogP contribution in [0.1, 0.15) is 37.9 Å². The Balaban J connectivity index is 1.77. The minimum Gasteiger partial charge on any atom is -0.492 e. The van der Waals surface area contributed by atoms with Crippen LogP contribution in [-0.4, -0.2) is 40.9 Å². The fourth-order valence-electron chi connectivity index (χ4n) is 3.57. The highest BCUT2D eigenvalue weighted by Gasteiger charge is 2.25. The highest BCUT2D eigenvalue weighted by molar-refractivity contribution is 5.93. The highest BCUT2D eigenvalue weighted by Crippen LogP contribution is 2.24. The van der Waals surface area contributed by atoms with Crippen molar-refractivity contribution in [3.05, 3.63) is 83.6 Å². The maximum atomic E-state index is 13.4. The molecule has 8 heteroatoms. The molecule has 0 fully saturated rings. The number of hydrogen-bond donors (Lipinski definition) is 1. The van der Waals surface area contributed by atoms with Crippen molar-refractivity contribution in [2.75, 3.05) is 18.5 Å². The van der Waals surface area contributed by atoms with Crippen LogP contribution in [0.3, 0.4) is 0 Å². The van der Waals surface area contributed by atoms with Gasteiger partial charge in [-0.05, 0) is 69.7 Å². The molecule has 2 aromatic carbocycles. The Morgan fingerprint density at radius 1 is 1.03 bits per heavy atom. The molecule has 0 spiro atoms. The smallest absolute Gasteiger partial charge is 0.322 e. The van der Waals surface area contributed by atoms with Crippen LogP contribution >= 0.6 is 0 Å². The minimum absolute atomic E-state index is 0.138. The summed E-state index contributed by atoms with van der Waals surface area (Å²) in [6.07, 6.45) is 0. The summed E-state index contributed by atoms with van der Waals surface area (Å²) >= 11 is 0. The van der Waals surface area contributed by atoms with Crippen molar-refractivity contribution in [1.82, 2.24) is 9.80 Å². The van der Waals surface area contributed by atoms with Gasteiger partial charge >= 0.3 is 6.03 Å². The molecular formula is C27H32FN3O4. The highest BCUT2D eigenvalue weighted by atomic mass is 19.1. The maximum absolute atomic E-state index is 13.4. The molecule has 0 aliphatic carbocycles. The van der Waals surface area contributed by atoms with E-state index in [9.17, 15) is 14.0 Å². The summed E-state index contributed by atoms with van der Waals surface area (Å²) in [4.78, 5) is 29.7. The van der Waals surface area contributed by atoms with E-state index in [4.69, 9.17) is 9.15 Å². The fourth-order valence-corrected chi connectivity index (χ4v) is 3.57. The Hall–Kier alpha value is -3.81. The number of carbonyl (C=O) groups excluding carboxylic acids is 2. The largest absolute Gasteiger partial charge is 0.492 e. The lowest BCUT2D eigenvalue weighted by molar-refractivity contribution is -0.133. The topological polar surface area (TPSA) is 75.0 Å². The fraction of sp³-hybridized carbons (Fsp3) is 0.333. The van der Waals surface area contributed by atoms with Crippen LogP contribution in [0.15, 0.2) is 65.1 Å². The molecule has 186 valence electrons. The second-order valence-corrected chi connectivity index (χ2v) is 8.47. The van der Waals surface area contributed by atoms with Crippen LogP contribution in [0.25, 0.3) is 0 Å². The number of furan rings is 1. The van der Waals surface area contributed by atoms with Crippen LogP contribution in [0.4, 0.5) is 14.9 Å². The Kier molecular flexibility index (Phi) is 8.89. The number of ether oxygens (including phenoxy) is 1. The summed E-state index contributed by atoms with van der Waals surface area (Å²) in [6, 6.07) is 16.2. The molecule has 0 atom stereocenters. The third-order valence-corrected chi connectivity index (χ3v) is 5.40. The SMILES string of the molecule is CCOc1ccccc1NC(=O)N(CC(=O)N(Cc1ccc(F)cc1)Cc1ccc(C)o1)C(C)C. The zero-order valence-electron chi connectivity index (χ0n) is 20.6.